The molecule has 110 valence electrons. The predicted molar refractivity (Wildman–Crippen MR) is 82.5 cm³/mol. The van der Waals surface area contributed by atoms with Gasteiger partial charge >= 0.3 is 0 Å². The quantitative estimate of drug-likeness (QED) is 0.831. The van der Waals surface area contributed by atoms with Crippen molar-refractivity contribution >= 4 is 5.91 Å². The lowest BCUT2D eigenvalue weighted by Gasteiger charge is -2.37. The molecule has 0 bridgehead atoms. The van der Waals surface area contributed by atoms with Gasteiger partial charge in [-0.1, -0.05) is 24.3 Å². The van der Waals surface area contributed by atoms with Gasteiger partial charge in [0.15, 0.2) is 0 Å². The Labute approximate surface area is 122 Å². The molecule has 1 aliphatic rings. The van der Waals surface area contributed by atoms with Gasteiger partial charge in [0.05, 0.1) is 0 Å². The van der Waals surface area contributed by atoms with E-state index in [1.807, 2.05) is 12.1 Å². The number of benzene rings is 1. The molecular weight excluding hydrogens is 248 g/mol. The minimum atomic E-state index is 0.298. The van der Waals surface area contributed by atoms with E-state index in [4.69, 9.17) is 5.73 Å². The van der Waals surface area contributed by atoms with Crippen LogP contribution in [-0.2, 0) is 11.2 Å². The fraction of sp³-hybridized carbons (Fsp3) is 0.588. The van der Waals surface area contributed by atoms with Gasteiger partial charge < -0.3 is 10.6 Å². The Morgan fingerprint density at radius 1 is 1.35 bits per heavy atom. The molecule has 0 heterocycles. The number of rotatable bonds is 7. The molecule has 0 radical (unpaired) electrons. The first-order chi connectivity index (χ1) is 9.72. The van der Waals surface area contributed by atoms with E-state index in [2.05, 4.69) is 24.0 Å². The molecule has 1 aliphatic carbocycles. The molecule has 1 amide bonds. The SMILES string of the molecule is Cc1ccccc1CCC(=O)N(CCCN)C1CCC1. The third-order valence-electron chi connectivity index (χ3n) is 4.31. The maximum Gasteiger partial charge on any atom is 0.223 e. The average molecular weight is 274 g/mol. The van der Waals surface area contributed by atoms with Crippen molar-refractivity contribution in [2.45, 2.75) is 51.5 Å². The lowest BCUT2D eigenvalue weighted by atomic mass is 9.90. The van der Waals surface area contributed by atoms with Crippen LogP contribution in [0.2, 0.25) is 0 Å². The zero-order valence-corrected chi connectivity index (χ0v) is 12.5. The zero-order chi connectivity index (χ0) is 14.4. The van der Waals surface area contributed by atoms with Crippen LogP contribution in [0.25, 0.3) is 0 Å². The number of carbonyl (C=O) groups excluding carboxylic acids is 1. The van der Waals surface area contributed by atoms with E-state index in [-0.39, 0.29) is 0 Å². The van der Waals surface area contributed by atoms with Gasteiger partial charge in [0, 0.05) is 19.0 Å². The summed E-state index contributed by atoms with van der Waals surface area (Å²) in [5, 5.41) is 0. The van der Waals surface area contributed by atoms with Crippen molar-refractivity contribution in [1.82, 2.24) is 4.90 Å². The van der Waals surface area contributed by atoms with E-state index in [9.17, 15) is 4.79 Å². The van der Waals surface area contributed by atoms with E-state index >= 15 is 0 Å². The minimum Gasteiger partial charge on any atom is -0.340 e. The van der Waals surface area contributed by atoms with E-state index in [1.165, 1.54) is 30.4 Å². The first kappa shape index (κ1) is 15.0. The van der Waals surface area contributed by atoms with Gasteiger partial charge in [-0.25, -0.2) is 0 Å². The molecule has 3 heteroatoms. The number of amides is 1. The molecule has 1 fully saturated rings. The molecule has 1 aromatic carbocycles. The molecule has 0 unspecified atom stereocenters. The van der Waals surface area contributed by atoms with Crippen LogP contribution >= 0.6 is 0 Å². The normalized spacial score (nSPS) is 14.9. The summed E-state index contributed by atoms with van der Waals surface area (Å²) in [5.74, 6) is 0.298. The smallest absolute Gasteiger partial charge is 0.223 e. The van der Waals surface area contributed by atoms with Crippen molar-refractivity contribution in [1.29, 1.82) is 0 Å². The fourth-order valence-electron chi connectivity index (χ4n) is 2.75. The molecule has 0 atom stereocenters. The highest BCUT2D eigenvalue weighted by atomic mass is 16.2. The Morgan fingerprint density at radius 3 is 2.70 bits per heavy atom. The Bertz CT molecular complexity index is 440. The standard InChI is InChI=1S/C17H26N2O/c1-14-6-2-3-7-15(14)10-11-17(20)19(13-5-12-18)16-8-4-9-16/h2-3,6-7,16H,4-5,8-13,18H2,1H3. The van der Waals surface area contributed by atoms with Crippen molar-refractivity contribution in [3.8, 4) is 0 Å². The number of hydrogen-bond donors (Lipinski definition) is 1. The van der Waals surface area contributed by atoms with Crippen LogP contribution in [0, 0.1) is 6.92 Å². The van der Waals surface area contributed by atoms with Crippen LogP contribution in [0.1, 0.15) is 43.2 Å². The highest BCUT2D eigenvalue weighted by Gasteiger charge is 2.27. The second-order valence-electron chi connectivity index (χ2n) is 5.74. The number of hydrogen-bond acceptors (Lipinski definition) is 2. The van der Waals surface area contributed by atoms with Crippen molar-refractivity contribution < 1.29 is 4.79 Å². The van der Waals surface area contributed by atoms with Gasteiger partial charge in [-0.2, -0.15) is 0 Å². The summed E-state index contributed by atoms with van der Waals surface area (Å²) in [7, 11) is 0. The number of nitrogens with zero attached hydrogens (tertiary/aromatic N) is 1. The second-order valence-corrected chi connectivity index (χ2v) is 5.74. The highest BCUT2D eigenvalue weighted by Crippen LogP contribution is 2.25. The molecule has 1 saturated carbocycles. The Morgan fingerprint density at radius 2 is 2.10 bits per heavy atom. The maximum absolute atomic E-state index is 12.5. The third kappa shape index (κ3) is 3.83. The Kier molecular flexibility index (Phi) is 5.60. The van der Waals surface area contributed by atoms with E-state index in [0.29, 0.717) is 24.9 Å². The van der Waals surface area contributed by atoms with Gasteiger partial charge in [0.25, 0.3) is 0 Å². The van der Waals surface area contributed by atoms with Gasteiger partial charge in [0.1, 0.15) is 0 Å². The first-order valence-electron chi connectivity index (χ1n) is 7.76. The van der Waals surface area contributed by atoms with E-state index in [0.717, 1.165) is 19.4 Å². The van der Waals surface area contributed by atoms with Gasteiger partial charge in [-0.05, 0) is 56.7 Å². The van der Waals surface area contributed by atoms with Crippen LogP contribution in [-0.4, -0.2) is 29.9 Å². The van der Waals surface area contributed by atoms with Crippen molar-refractivity contribution in [3.05, 3.63) is 35.4 Å². The Hall–Kier alpha value is -1.35. The van der Waals surface area contributed by atoms with Crippen LogP contribution in [0.4, 0.5) is 0 Å². The summed E-state index contributed by atoms with van der Waals surface area (Å²) in [6.07, 6.45) is 5.96. The summed E-state index contributed by atoms with van der Waals surface area (Å²) in [6.45, 7) is 3.60. The highest BCUT2D eigenvalue weighted by molar-refractivity contribution is 5.77. The van der Waals surface area contributed by atoms with Crippen LogP contribution in [0.5, 0.6) is 0 Å². The molecule has 0 spiro atoms. The minimum absolute atomic E-state index is 0.298. The average Bonchev–Trinajstić information content (AvgIpc) is 2.40. The molecule has 0 aliphatic heterocycles. The molecule has 3 nitrogen and oxygen atoms in total. The number of aryl methyl sites for hydroxylation is 2. The van der Waals surface area contributed by atoms with Gasteiger partial charge in [-0.15, -0.1) is 0 Å². The third-order valence-corrected chi connectivity index (χ3v) is 4.31. The molecular formula is C17H26N2O. The summed E-state index contributed by atoms with van der Waals surface area (Å²) >= 11 is 0. The van der Waals surface area contributed by atoms with Crippen LogP contribution in [0.15, 0.2) is 24.3 Å². The summed E-state index contributed by atoms with van der Waals surface area (Å²) in [5.41, 5.74) is 8.14. The monoisotopic (exact) mass is 274 g/mol. The summed E-state index contributed by atoms with van der Waals surface area (Å²) in [4.78, 5) is 14.5. The Balaban J connectivity index is 1.89. The molecule has 2 rings (SSSR count). The molecule has 20 heavy (non-hydrogen) atoms. The van der Waals surface area contributed by atoms with Crippen LogP contribution in [0.3, 0.4) is 0 Å². The molecule has 2 N–H and O–H groups in total. The number of nitrogens with two attached hydrogens (primary N) is 1. The largest absolute Gasteiger partial charge is 0.340 e. The topological polar surface area (TPSA) is 46.3 Å². The van der Waals surface area contributed by atoms with Gasteiger partial charge in [-0.3, -0.25) is 4.79 Å². The predicted octanol–water partition coefficient (Wildman–Crippen LogP) is 2.66. The summed E-state index contributed by atoms with van der Waals surface area (Å²) in [6, 6.07) is 8.80. The lowest BCUT2D eigenvalue weighted by Crippen LogP contribution is -2.45. The zero-order valence-electron chi connectivity index (χ0n) is 12.5. The second kappa shape index (κ2) is 7.44. The fourth-order valence-corrected chi connectivity index (χ4v) is 2.75. The van der Waals surface area contributed by atoms with Crippen molar-refractivity contribution in [2.75, 3.05) is 13.1 Å². The molecule has 1 aromatic rings. The lowest BCUT2D eigenvalue weighted by molar-refractivity contribution is -0.135. The van der Waals surface area contributed by atoms with Gasteiger partial charge in [0.2, 0.25) is 5.91 Å². The molecule has 0 saturated heterocycles. The van der Waals surface area contributed by atoms with Crippen molar-refractivity contribution in [2.24, 2.45) is 5.73 Å². The van der Waals surface area contributed by atoms with E-state index < -0.39 is 0 Å². The maximum atomic E-state index is 12.5. The molecule has 0 aromatic heterocycles. The van der Waals surface area contributed by atoms with Crippen LogP contribution < -0.4 is 5.73 Å². The van der Waals surface area contributed by atoms with Crippen molar-refractivity contribution in [3.63, 3.8) is 0 Å². The number of carbonyl (C=O) groups is 1. The van der Waals surface area contributed by atoms with E-state index in [1.54, 1.807) is 0 Å². The summed E-state index contributed by atoms with van der Waals surface area (Å²) < 4.78 is 0. The first-order valence-corrected chi connectivity index (χ1v) is 7.76.